The summed E-state index contributed by atoms with van der Waals surface area (Å²) in [5.74, 6) is 0. The Hall–Kier alpha value is -0.0800. The van der Waals surface area contributed by atoms with Crippen LogP contribution in [0.1, 0.15) is 32.1 Å². The molecule has 2 fully saturated rings. The number of rotatable bonds is 0. The maximum absolute atomic E-state index is 4.49. The molecule has 2 heteroatoms. The van der Waals surface area contributed by atoms with Gasteiger partial charge in [0, 0.05) is 18.6 Å². The number of hydrogen-bond donors (Lipinski definition) is 1. The van der Waals surface area contributed by atoms with Gasteiger partial charge in [0.25, 0.3) is 0 Å². The van der Waals surface area contributed by atoms with Crippen molar-refractivity contribution < 1.29 is 0 Å². The smallest absolute Gasteiger partial charge is 0.0323 e. The first kappa shape index (κ1) is 7.56. The SMILES string of the molecule is C1CCC2(CCC[N]C2)NC1. The first-order valence-corrected chi connectivity index (χ1v) is 4.80. The number of piperidine rings is 2. The van der Waals surface area contributed by atoms with Gasteiger partial charge >= 0.3 is 0 Å². The van der Waals surface area contributed by atoms with Crippen molar-refractivity contribution in [1.29, 1.82) is 0 Å². The van der Waals surface area contributed by atoms with Crippen LogP contribution in [0.3, 0.4) is 0 Å². The van der Waals surface area contributed by atoms with Crippen LogP contribution in [0.4, 0.5) is 0 Å². The summed E-state index contributed by atoms with van der Waals surface area (Å²) in [5, 5.41) is 8.13. The Bertz CT molecular complexity index is 102. The highest BCUT2D eigenvalue weighted by atomic mass is 15.1. The second kappa shape index (κ2) is 3.11. The van der Waals surface area contributed by atoms with Crippen LogP contribution in [0.25, 0.3) is 0 Å². The molecule has 1 unspecified atom stereocenters. The fraction of sp³-hybridized carbons (Fsp3) is 1.00. The van der Waals surface area contributed by atoms with Crippen LogP contribution >= 0.6 is 0 Å². The molecule has 2 aliphatic heterocycles. The molecule has 1 N–H and O–H groups in total. The molecule has 0 saturated carbocycles. The predicted octanol–water partition coefficient (Wildman–Crippen LogP) is 0.897. The van der Waals surface area contributed by atoms with Crippen molar-refractivity contribution >= 4 is 0 Å². The minimum atomic E-state index is 0.441. The Kier molecular flexibility index (Phi) is 2.14. The lowest BCUT2D eigenvalue weighted by molar-refractivity contribution is 0.197. The summed E-state index contributed by atoms with van der Waals surface area (Å²) in [6, 6.07) is 0. The molecule has 0 amide bonds. The summed E-state index contributed by atoms with van der Waals surface area (Å²) in [5.41, 5.74) is 0.441. The molecule has 63 valence electrons. The van der Waals surface area contributed by atoms with Gasteiger partial charge in [0.05, 0.1) is 0 Å². The van der Waals surface area contributed by atoms with Crippen molar-refractivity contribution in [3.63, 3.8) is 0 Å². The summed E-state index contributed by atoms with van der Waals surface area (Å²) in [7, 11) is 0. The van der Waals surface area contributed by atoms with E-state index in [-0.39, 0.29) is 0 Å². The Balaban J connectivity index is 1.94. The molecule has 1 spiro atoms. The van der Waals surface area contributed by atoms with Crippen LogP contribution in [0, 0.1) is 0 Å². The largest absolute Gasteiger partial charge is 0.310 e. The van der Waals surface area contributed by atoms with Gasteiger partial charge in [0.2, 0.25) is 0 Å². The van der Waals surface area contributed by atoms with Gasteiger partial charge in [-0.25, -0.2) is 5.32 Å². The lowest BCUT2D eigenvalue weighted by atomic mass is 9.83. The van der Waals surface area contributed by atoms with Crippen LogP contribution in [0.5, 0.6) is 0 Å². The molecule has 2 heterocycles. The molecule has 1 atom stereocenters. The van der Waals surface area contributed by atoms with E-state index < -0.39 is 0 Å². The molecule has 2 nitrogen and oxygen atoms in total. The normalized spacial score (nSPS) is 39.3. The minimum Gasteiger partial charge on any atom is -0.310 e. The van der Waals surface area contributed by atoms with Gasteiger partial charge in [-0.3, -0.25) is 0 Å². The summed E-state index contributed by atoms with van der Waals surface area (Å²) >= 11 is 0. The molecular formula is C9H17N2. The zero-order chi connectivity index (χ0) is 7.57. The van der Waals surface area contributed by atoms with Crippen molar-refractivity contribution in [2.24, 2.45) is 0 Å². The highest BCUT2D eigenvalue weighted by Crippen LogP contribution is 2.26. The first-order chi connectivity index (χ1) is 5.41. The minimum absolute atomic E-state index is 0.441. The fourth-order valence-corrected chi connectivity index (χ4v) is 2.28. The van der Waals surface area contributed by atoms with Crippen LogP contribution in [0.15, 0.2) is 0 Å². The zero-order valence-corrected chi connectivity index (χ0v) is 7.10. The summed E-state index contributed by atoms with van der Waals surface area (Å²) in [6.07, 6.45) is 6.78. The molecule has 2 saturated heterocycles. The topological polar surface area (TPSA) is 26.1 Å². The molecule has 0 bridgehead atoms. The van der Waals surface area contributed by atoms with Gasteiger partial charge in [-0.1, -0.05) is 6.42 Å². The first-order valence-electron chi connectivity index (χ1n) is 4.80. The van der Waals surface area contributed by atoms with Crippen LogP contribution in [0.2, 0.25) is 0 Å². The zero-order valence-electron chi connectivity index (χ0n) is 7.10. The number of nitrogens with one attached hydrogen (secondary N) is 1. The average molecular weight is 153 g/mol. The molecule has 0 aromatic heterocycles. The van der Waals surface area contributed by atoms with E-state index in [4.69, 9.17) is 0 Å². The summed E-state index contributed by atoms with van der Waals surface area (Å²) in [4.78, 5) is 0. The molecular weight excluding hydrogens is 136 g/mol. The maximum atomic E-state index is 4.49. The summed E-state index contributed by atoms with van der Waals surface area (Å²) < 4.78 is 0. The molecule has 2 aliphatic rings. The van der Waals surface area contributed by atoms with Gasteiger partial charge in [0.1, 0.15) is 0 Å². The molecule has 11 heavy (non-hydrogen) atoms. The maximum Gasteiger partial charge on any atom is 0.0323 e. The highest BCUT2D eigenvalue weighted by Gasteiger charge is 2.33. The van der Waals surface area contributed by atoms with E-state index in [1.54, 1.807) is 0 Å². The lowest BCUT2D eigenvalue weighted by Crippen LogP contribution is -2.55. The van der Waals surface area contributed by atoms with Crippen molar-refractivity contribution in [1.82, 2.24) is 10.6 Å². The van der Waals surface area contributed by atoms with E-state index in [2.05, 4.69) is 10.6 Å². The van der Waals surface area contributed by atoms with E-state index in [1.165, 1.54) is 38.6 Å². The van der Waals surface area contributed by atoms with Crippen molar-refractivity contribution in [2.75, 3.05) is 19.6 Å². The Labute approximate surface area is 68.7 Å². The average Bonchev–Trinajstić information content (AvgIpc) is 2.07. The molecule has 1 radical (unpaired) electrons. The standard InChI is InChI=1S/C9H17N2/c1-2-7-11-9(4-1)5-3-6-10-8-9/h11H,1-8H2. The third-order valence-corrected chi connectivity index (χ3v) is 2.97. The molecule has 0 aliphatic carbocycles. The van der Waals surface area contributed by atoms with Crippen molar-refractivity contribution in [2.45, 2.75) is 37.6 Å². The summed E-state index contributed by atoms with van der Waals surface area (Å²) in [6.45, 7) is 3.39. The predicted molar refractivity (Wildman–Crippen MR) is 45.7 cm³/mol. The Morgan fingerprint density at radius 1 is 1.09 bits per heavy atom. The quantitative estimate of drug-likeness (QED) is 0.549. The monoisotopic (exact) mass is 153 g/mol. The van der Waals surface area contributed by atoms with E-state index >= 15 is 0 Å². The van der Waals surface area contributed by atoms with Gasteiger partial charge < -0.3 is 5.32 Å². The Morgan fingerprint density at radius 2 is 2.00 bits per heavy atom. The fourth-order valence-electron chi connectivity index (χ4n) is 2.28. The van der Waals surface area contributed by atoms with E-state index in [9.17, 15) is 0 Å². The second-order valence-electron chi connectivity index (χ2n) is 3.87. The molecule has 0 aromatic rings. The third kappa shape index (κ3) is 1.57. The lowest BCUT2D eigenvalue weighted by Gasteiger charge is -2.41. The third-order valence-electron chi connectivity index (χ3n) is 2.97. The van der Waals surface area contributed by atoms with E-state index in [0.29, 0.717) is 5.54 Å². The van der Waals surface area contributed by atoms with Crippen LogP contribution in [-0.4, -0.2) is 25.2 Å². The highest BCUT2D eigenvalue weighted by molar-refractivity contribution is 4.94. The Morgan fingerprint density at radius 3 is 2.64 bits per heavy atom. The van der Waals surface area contributed by atoms with Crippen molar-refractivity contribution in [3.05, 3.63) is 0 Å². The second-order valence-corrected chi connectivity index (χ2v) is 3.87. The van der Waals surface area contributed by atoms with Gasteiger partial charge in [-0.2, -0.15) is 0 Å². The number of nitrogens with zero attached hydrogens (tertiary/aromatic N) is 1. The molecule has 0 aromatic carbocycles. The van der Waals surface area contributed by atoms with E-state index in [1.807, 2.05) is 0 Å². The van der Waals surface area contributed by atoms with Gasteiger partial charge in [-0.15, -0.1) is 0 Å². The van der Waals surface area contributed by atoms with E-state index in [0.717, 1.165) is 13.1 Å². The number of hydrogen-bond acceptors (Lipinski definition) is 1. The molecule has 2 rings (SSSR count). The van der Waals surface area contributed by atoms with Gasteiger partial charge in [0.15, 0.2) is 0 Å². The van der Waals surface area contributed by atoms with Gasteiger partial charge in [-0.05, 0) is 32.2 Å². The van der Waals surface area contributed by atoms with Crippen LogP contribution < -0.4 is 10.6 Å². The van der Waals surface area contributed by atoms with Crippen LogP contribution in [-0.2, 0) is 0 Å². The van der Waals surface area contributed by atoms with Crippen molar-refractivity contribution in [3.8, 4) is 0 Å².